The fourth-order valence-electron chi connectivity index (χ4n) is 6.95. The lowest BCUT2D eigenvalue weighted by molar-refractivity contribution is -0.133. The van der Waals surface area contributed by atoms with Crippen molar-refractivity contribution in [3.63, 3.8) is 0 Å². The number of nitrogens with two attached hydrogens (primary N) is 2. The van der Waals surface area contributed by atoms with Crippen LogP contribution in [-0.2, 0) is 24.0 Å². The van der Waals surface area contributed by atoms with Gasteiger partial charge in [0.2, 0.25) is 17.7 Å². The zero-order valence-electron chi connectivity index (χ0n) is 38.7. The van der Waals surface area contributed by atoms with Crippen molar-refractivity contribution < 1.29 is 34.2 Å². The molecular formula is C49H94N6O7. The minimum atomic E-state index is -0.887. The van der Waals surface area contributed by atoms with Gasteiger partial charge in [0.25, 0.3) is 0 Å². The van der Waals surface area contributed by atoms with Crippen molar-refractivity contribution in [2.75, 3.05) is 59.0 Å². The number of amides is 3. The van der Waals surface area contributed by atoms with Crippen LogP contribution in [0, 0.1) is 0 Å². The SMILES string of the molecule is C.CC/C=C\CCC(=O)NCCCCN(CCCNC(=O)CCCCCCC/C=C\CCCCCCCC)C(=O)CN(CCCCC(=O)[C@@H](N)CO)CCCCC(=O)[C@@H](N)CO. The molecule has 3 amide bonds. The summed E-state index contributed by atoms with van der Waals surface area (Å²) in [5, 5.41) is 24.4. The van der Waals surface area contributed by atoms with E-state index in [1.807, 2.05) is 15.9 Å². The van der Waals surface area contributed by atoms with Gasteiger partial charge in [-0.25, -0.2) is 0 Å². The van der Waals surface area contributed by atoms with Gasteiger partial charge in [-0.3, -0.25) is 28.9 Å². The van der Waals surface area contributed by atoms with E-state index in [0.717, 1.165) is 38.5 Å². The number of allylic oxidation sites excluding steroid dienone is 4. The van der Waals surface area contributed by atoms with Gasteiger partial charge in [0.1, 0.15) is 0 Å². The minimum absolute atomic E-state index is 0. The maximum atomic E-state index is 13.9. The highest BCUT2D eigenvalue weighted by molar-refractivity contribution is 5.84. The van der Waals surface area contributed by atoms with Gasteiger partial charge in [-0.15, -0.1) is 0 Å². The van der Waals surface area contributed by atoms with Crippen LogP contribution in [0.3, 0.4) is 0 Å². The molecule has 0 rings (SSSR count). The van der Waals surface area contributed by atoms with E-state index in [1.165, 1.54) is 57.8 Å². The number of unbranched alkanes of at least 4 members (excludes halogenated alkanes) is 14. The van der Waals surface area contributed by atoms with Crippen LogP contribution >= 0.6 is 0 Å². The van der Waals surface area contributed by atoms with E-state index in [4.69, 9.17) is 11.5 Å². The van der Waals surface area contributed by atoms with Crippen molar-refractivity contribution in [3.05, 3.63) is 24.3 Å². The van der Waals surface area contributed by atoms with Crippen molar-refractivity contribution in [3.8, 4) is 0 Å². The number of Topliss-reactive ketones (excluding diaryl/α,β-unsaturated/α-hetero) is 2. The third-order valence-corrected chi connectivity index (χ3v) is 10.9. The highest BCUT2D eigenvalue weighted by atomic mass is 16.3. The molecular weight excluding hydrogens is 785 g/mol. The lowest BCUT2D eigenvalue weighted by Gasteiger charge is -2.28. The number of nitrogens with one attached hydrogen (secondary N) is 2. The normalized spacial score (nSPS) is 12.4. The van der Waals surface area contributed by atoms with Crippen molar-refractivity contribution in [2.45, 2.75) is 200 Å². The average molecular weight is 879 g/mol. The molecule has 0 radical (unpaired) electrons. The monoisotopic (exact) mass is 879 g/mol. The first-order valence-corrected chi connectivity index (χ1v) is 24.2. The van der Waals surface area contributed by atoms with Gasteiger partial charge in [0, 0.05) is 51.9 Å². The molecule has 0 aromatic rings. The Morgan fingerprint density at radius 3 is 1.52 bits per heavy atom. The number of hydrogen-bond donors (Lipinski definition) is 6. The first-order chi connectivity index (χ1) is 29.6. The van der Waals surface area contributed by atoms with Gasteiger partial charge >= 0.3 is 0 Å². The molecule has 13 heteroatoms. The molecule has 62 heavy (non-hydrogen) atoms. The summed E-state index contributed by atoms with van der Waals surface area (Å²) >= 11 is 0. The molecule has 8 N–H and O–H groups in total. The van der Waals surface area contributed by atoms with E-state index >= 15 is 0 Å². The predicted octanol–water partition coefficient (Wildman–Crippen LogP) is 7.06. The van der Waals surface area contributed by atoms with Gasteiger partial charge in [0.05, 0.1) is 31.8 Å². The third kappa shape index (κ3) is 37.6. The smallest absolute Gasteiger partial charge is 0.236 e. The van der Waals surface area contributed by atoms with Crippen molar-refractivity contribution in [1.82, 2.24) is 20.4 Å². The predicted molar refractivity (Wildman–Crippen MR) is 256 cm³/mol. The van der Waals surface area contributed by atoms with Gasteiger partial charge in [-0.2, -0.15) is 0 Å². The second-order valence-corrected chi connectivity index (χ2v) is 16.6. The highest BCUT2D eigenvalue weighted by Gasteiger charge is 2.19. The van der Waals surface area contributed by atoms with E-state index in [9.17, 15) is 34.2 Å². The summed E-state index contributed by atoms with van der Waals surface area (Å²) in [6, 6.07) is -1.77. The third-order valence-electron chi connectivity index (χ3n) is 10.9. The Hall–Kier alpha value is -2.97. The summed E-state index contributed by atoms with van der Waals surface area (Å²) < 4.78 is 0. The minimum Gasteiger partial charge on any atom is -0.394 e. The molecule has 13 nitrogen and oxygen atoms in total. The summed E-state index contributed by atoms with van der Waals surface area (Å²) in [6.07, 6.45) is 32.1. The number of aliphatic hydroxyl groups is 2. The Labute approximate surface area is 378 Å². The lowest BCUT2D eigenvalue weighted by atomic mass is 10.1. The molecule has 0 saturated carbocycles. The second kappa shape index (κ2) is 44.6. The molecule has 0 aromatic carbocycles. The molecule has 0 aliphatic rings. The van der Waals surface area contributed by atoms with E-state index in [2.05, 4.69) is 42.7 Å². The number of aliphatic hydroxyl groups excluding tert-OH is 2. The summed E-state index contributed by atoms with van der Waals surface area (Å²) in [6.45, 7) is 6.85. The molecule has 0 bridgehead atoms. The van der Waals surface area contributed by atoms with Crippen LogP contribution < -0.4 is 22.1 Å². The lowest BCUT2D eigenvalue weighted by Crippen LogP contribution is -2.43. The molecule has 0 heterocycles. The Kier molecular flexibility index (Phi) is 44.0. The van der Waals surface area contributed by atoms with Crippen LogP contribution in [0.5, 0.6) is 0 Å². The molecule has 0 aromatic heterocycles. The van der Waals surface area contributed by atoms with Gasteiger partial charge in [0.15, 0.2) is 11.6 Å². The summed E-state index contributed by atoms with van der Waals surface area (Å²) in [4.78, 5) is 66.9. The van der Waals surface area contributed by atoms with E-state index in [0.29, 0.717) is 97.1 Å². The molecule has 0 aliphatic carbocycles. The molecule has 0 fully saturated rings. The summed E-state index contributed by atoms with van der Waals surface area (Å²) in [5.41, 5.74) is 11.3. The van der Waals surface area contributed by atoms with E-state index in [1.54, 1.807) is 0 Å². The largest absolute Gasteiger partial charge is 0.394 e. The Morgan fingerprint density at radius 2 is 0.968 bits per heavy atom. The molecule has 0 spiro atoms. The van der Waals surface area contributed by atoms with Gasteiger partial charge < -0.3 is 37.2 Å². The maximum absolute atomic E-state index is 13.9. The fourth-order valence-corrected chi connectivity index (χ4v) is 6.95. The molecule has 0 unspecified atom stereocenters. The van der Waals surface area contributed by atoms with Crippen molar-refractivity contribution in [2.24, 2.45) is 11.5 Å². The number of ketones is 2. The summed E-state index contributed by atoms with van der Waals surface area (Å²) in [5.74, 6) is -0.372. The van der Waals surface area contributed by atoms with Gasteiger partial charge in [-0.1, -0.05) is 96.9 Å². The van der Waals surface area contributed by atoms with Crippen LogP contribution in [0.1, 0.15) is 188 Å². The number of carbonyl (C=O) groups is 5. The van der Waals surface area contributed by atoms with Crippen LogP contribution in [-0.4, -0.2) is 120 Å². The number of rotatable bonds is 44. The quantitative estimate of drug-likeness (QED) is 0.0271. The standard InChI is InChI=1S/C48H90N6O7.CH4/c1-3-5-7-9-10-11-12-13-14-15-16-17-18-19-21-32-47(60)52-34-28-38-54(37-27-24-33-51-46(59)31-20-8-6-4-2)48(61)39-53(35-25-22-29-44(57)42(49)40-55)36-26-23-30-45(58)43(50)41-56;/h6,8,13-14,42-43,55-56H,3-5,7,9-12,15-41,49-50H2,1-2H3,(H,51,59)(H,52,60);1H4/b8-6-,14-13-;/t42-,43-;/m0./s1. The Bertz CT molecular complexity index is 1150. The first-order valence-electron chi connectivity index (χ1n) is 24.2. The maximum Gasteiger partial charge on any atom is 0.236 e. The Balaban J connectivity index is 0. The van der Waals surface area contributed by atoms with Crippen molar-refractivity contribution >= 4 is 29.3 Å². The van der Waals surface area contributed by atoms with Crippen LogP contribution in [0.2, 0.25) is 0 Å². The van der Waals surface area contributed by atoms with Gasteiger partial charge in [-0.05, 0) is 103 Å². The van der Waals surface area contributed by atoms with E-state index in [-0.39, 0.29) is 56.1 Å². The molecule has 2 atom stereocenters. The molecule has 0 aliphatic heterocycles. The van der Waals surface area contributed by atoms with Crippen LogP contribution in [0.15, 0.2) is 24.3 Å². The highest BCUT2D eigenvalue weighted by Crippen LogP contribution is 2.11. The zero-order chi connectivity index (χ0) is 45.2. The molecule has 0 saturated heterocycles. The first kappa shape index (κ1) is 61.1. The van der Waals surface area contributed by atoms with Crippen molar-refractivity contribution in [1.29, 1.82) is 0 Å². The Morgan fingerprint density at radius 1 is 0.516 bits per heavy atom. The molecule has 362 valence electrons. The average Bonchev–Trinajstić information content (AvgIpc) is 3.26. The fraction of sp³-hybridized carbons (Fsp3) is 0.816. The van der Waals surface area contributed by atoms with Crippen LogP contribution in [0.25, 0.3) is 0 Å². The topological polar surface area (TPSA) is 208 Å². The summed E-state index contributed by atoms with van der Waals surface area (Å²) in [7, 11) is 0. The number of carbonyl (C=O) groups excluding carboxylic acids is 5. The number of nitrogens with zero attached hydrogens (tertiary/aromatic N) is 2. The number of hydrogen-bond acceptors (Lipinski definition) is 10. The second-order valence-electron chi connectivity index (χ2n) is 16.6. The zero-order valence-corrected chi connectivity index (χ0v) is 38.7. The van der Waals surface area contributed by atoms with Crippen LogP contribution in [0.4, 0.5) is 0 Å². The van der Waals surface area contributed by atoms with E-state index < -0.39 is 25.3 Å².